The Morgan fingerprint density at radius 1 is 1.11 bits per heavy atom. The number of fused-ring (bicyclic) bond motifs is 3. The number of ether oxygens (including phenoxy) is 1. The van der Waals surface area contributed by atoms with Crippen molar-refractivity contribution in [2.45, 2.75) is 46.6 Å². The van der Waals surface area contributed by atoms with E-state index < -0.39 is 0 Å². The number of nitrogens with zero attached hydrogens (tertiary/aromatic N) is 1. The van der Waals surface area contributed by atoms with Gasteiger partial charge in [-0.25, -0.2) is 4.79 Å². The van der Waals surface area contributed by atoms with E-state index in [1.165, 1.54) is 11.1 Å². The summed E-state index contributed by atoms with van der Waals surface area (Å²) < 4.78 is 11.6. The molecule has 1 aliphatic rings. The molecule has 1 aromatic heterocycles. The zero-order valence-corrected chi connectivity index (χ0v) is 17.2. The lowest BCUT2D eigenvalue weighted by Crippen LogP contribution is -2.32. The highest BCUT2D eigenvalue weighted by Crippen LogP contribution is 2.40. The maximum absolute atomic E-state index is 12.2. The monoisotopic (exact) mass is 397 g/mol. The summed E-state index contributed by atoms with van der Waals surface area (Å²) in [5.74, 6) is 0.616. The van der Waals surface area contributed by atoms with Gasteiger partial charge >= 0.3 is 5.63 Å². The molecule has 5 heteroatoms. The highest BCUT2D eigenvalue weighted by molar-refractivity contribution is 6.33. The van der Waals surface area contributed by atoms with Gasteiger partial charge in [-0.3, -0.25) is 0 Å². The lowest BCUT2D eigenvalue weighted by atomic mass is 10.0. The van der Waals surface area contributed by atoms with E-state index >= 15 is 0 Å². The summed E-state index contributed by atoms with van der Waals surface area (Å²) in [6.45, 7) is 7.29. The Morgan fingerprint density at radius 3 is 2.57 bits per heavy atom. The molecule has 0 radical (unpaired) electrons. The molecule has 0 bridgehead atoms. The van der Waals surface area contributed by atoms with E-state index in [1.807, 2.05) is 6.07 Å². The smallest absolute Gasteiger partial charge is 0.336 e. The SMILES string of the molecule is CCCCc1cc(=O)oc2c3c(c(Cl)cc12)OCN(c1cc(C)cc(C)c1)C3. The van der Waals surface area contributed by atoms with Gasteiger partial charge in [0.25, 0.3) is 0 Å². The van der Waals surface area contributed by atoms with Crippen molar-refractivity contribution in [2.24, 2.45) is 0 Å². The fraction of sp³-hybridized carbons (Fsp3) is 0.348. The third-order valence-corrected chi connectivity index (χ3v) is 5.49. The number of hydrogen-bond acceptors (Lipinski definition) is 4. The minimum absolute atomic E-state index is 0.327. The largest absolute Gasteiger partial charge is 0.471 e. The number of rotatable bonds is 4. The quantitative estimate of drug-likeness (QED) is 0.525. The van der Waals surface area contributed by atoms with Crippen molar-refractivity contribution in [1.82, 2.24) is 0 Å². The Kier molecular flexibility index (Phi) is 5.07. The molecule has 0 amide bonds. The van der Waals surface area contributed by atoms with Crippen LogP contribution in [0.2, 0.25) is 5.02 Å². The molecule has 0 unspecified atom stereocenters. The van der Waals surface area contributed by atoms with Gasteiger partial charge in [0.2, 0.25) is 0 Å². The molecule has 0 spiro atoms. The average Bonchev–Trinajstić information content (AvgIpc) is 2.66. The lowest BCUT2D eigenvalue weighted by molar-refractivity contribution is 0.289. The highest BCUT2D eigenvalue weighted by Gasteiger charge is 2.25. The van der Waals surface area contributed by atoms with Crippen LogP contribution in [-0.2, 0) is 13.0 Å². The van der Waals surface area contributed by atoms with Crippen LogP contribution in [0.5, 0.6) is 5.75 Å². The van der Waals surface area contributed by atoms with Crippen LogP contribution in [0.3, 0.4) is 0 Å². The first-order valence-electron chi connectivity index (χ1n) is 9.70. The molecule has 2 aromatic carbocycles. The van der Waals surface area contributed by atoms with Gasteiger partial charge in [0.1, 0.15) is 11.3 Å². The number of unbranched alkanes of at least 4 members (excludes halogenated alkanes) is 1. The van der Waals surface area contributed by atoms with Crippen LogP contribution in [0.25, 0.3) is 11.0 Å². The molecule has 3 aromatic rings. The summed E-state index contributed by atoms with van der Waals surface area (Å²) in [7, 11) is 0. The highest BCUT2D eigenvalue weighted by atomic mass is 35.5. The van der Waals surface area contributed by atoms with E-state index in [9.17, 15) is 4.79 Å². The third-order valence-electron chi connectivity index (χ3n) is 5.21. The summed E-state index contributed by atoms with van der Waals surface area (Å²) in [5.41, 5.74) is 5.57. The number of benzene rings is 2. The van der Waals surface area contributed by atoms with Crippen LogP contribution in [0.15, 0.2) is 39.5 Å². The number of halogens is 1. The molecule has 4 rings (SSSR count). The van der Waals surface area contributed by atoms with E-state index in [4.69, 9.17) is 20.8 Å². The van der Waals surface area contributed by atoms with E-state index in [1.54, 1.807) is 6.07 Å². The predicted octanol–water partition coefficient (Wildman–Crippen LogP) is 5.76. The van der Waals surface area contributed by atoms with Crippen LogP contribution < -0.4 is 15.3 Å². The standard InChI is InChI=1S/C23H24ClNO3/c1-4-5-6-16-10-21(26)28-22-18(16)11-20(24)23-19(22)12-25(13-27-23)17-8-14(2)7-15(3)9-17/h7-11H,4-6,12-13H2,1-3H3. The second kappa shape index (κ2) is 7.51. The molecule has 1 aliphatic heterocycles. The van der Waals surface area contributed by atoms with Crippen molar-refractivity contribution in [3.8, 4) is 5.75 Å². The summed E-state index contributed by atoms with van der Waals surface area (Å²) in [6, 6.07) is 9.88. The van der Waals surface area contributed by atoms with Crippen molar-refractivity contribution in [1.29, 1.82) is 0 Å². The zero-order chi connectivity index (χ0) is 19.8. The van der Waals surface area contributed by atoms with Crippen LogP contribution in [0, 0.1) is 13.8 Å². The van der Waals surface area contributed by atoms with Crippen LogP contribution in [-0.4, -0.2) is 6.73 Å². The summed E-state index contributed by atoms with van der Waals surface area (Å²) in [4.78, 5) is 14.4. The average molecular weight is 398 g/mol. The molecule has 28 heavy (non-hydrogen) atoms. The Bertz CT molecular complexity index is 1080. The molecule has 146 valence electrons. The molecule has 2 heterocycles. The first-order valence-corrected chi connectivity index (χ1v) is 10.1. The van der Waals surface area contributed by atoms with Gasteiger partial charge in [-0.1, -0.05) is 31.0 Å². The summed E-state index contributed by atoms with van der Waals surface area (Å²) in [6.07, 6.45) is 2.90. The molecule has 4 nitrogen and oxygen atoms in total. The minimum Gasteiger partial charge on any atom is -0.471 e. The second-order valence-electron chi connectivity index (χ2n) is 7.55. The van der Waals surface area contributed by atoms with E-state index in [-0.39, 0.29) is 5.63 Å². The number of hydrogen-bond donors (Lipinski definition) is 0. The van der Waals surface area contributed by atoms with Crippen molar-refractivity contribution >= 4 is 28.3 Å². The van der Waals surface area contributed by atoms with Gasteiger partial charge in [0.05, 0.1) is 17.1 Å². The van der Waals surface area contributed by atoms with Gasteiger partial charge in [0, 0.05) is 17.1 Å². The molecule has 0 atom stereocenters. The van der Waals surface area contributed by atoms with Gasteiger partial charge in [-0.15, -0.1) is 0 Å². The third kappa shape index (κ3) is 3.49. The Morgan fingerprint density at radius 2 is 1.86 bits per heavy atom. The first kappa shape index (κ1) is 18.9. The molecule has 0 aliphatic carbocycles. The molecular formula is C23H24ClNO3. The fourth-order valence-corrected chi connectivity index (χ4v) is 4.20. The van der Waals surface area contributed by atoms with Crippen LogP contribution in [0.4, 0.5) is 5.69 Å². The maximum atomic E-state index is 12.2. The van der Waals surface area contributed by atoms with Gasteiger partial charge in [-0.2, -0.15) is 0 Å². The Balaban J connectivity index is 1.84. The van der Waals surface area contributed by atoms with Gasteiger partial charge in [-0.05, 0) is 61.6 Å². The van der Waals surface area contributed by atoms with Crippen molar-refractivity contribution in [3.63, 3.8) is 0 Å². The van der Waals surface area contributed by atoms with Crippen LogP contribution >= 0.6 is 11.6 Å². The van der Waals surface area contributed by atoms with Gasteiger partial charge in [0.15, 0.2) is 6.73 Å². The Hall–Kier alpha value is -2.46. The zero-order valence-electron chi connectivity index (χ0n) is 16.5. The molecule has 0 fully saturated rings. The Labute approximate surface area is 169 Å². The van der Waals surface area contributed by atoms with Gasteiger partial charge < -0.3 is 14.1 Å². The fourth-order valence-electron chi connectivity index (χ4n) is 3.92. The normalized spacial score (nSPS) is 13.5. The topological polar surface area (TPSA) is 42.7 Å². The molecule has 0 saturated heterocycles. The van der Waals surface area contributed by atoms with Crippen molar-refractivity contribution in [3.05, 3.63) is 68.0 Å². The minimum atomic E-state index is -0.327. The van der Waals surface area contributed by atoms with Crippen LogP contribution in [0.1, 0.15) is 42.0 Å². The molecule has 0 saturated carbocycles. The van der Waals surface area contributed by atoms with E-state index in [2.05, 4.69) is 43.9 Å². The second-order valence-corrected chi connectivity index (χ2v) is 7.96. The lowest BCUT2D eigenvalue weighted by Gasteiger charge is -2.32. The summed E-state index contributed by atoms with van der Waals surface area (Å²) in [5, 5.41) is 1.47. The molecule has 0 N–H and O–H groups in total. The van der Waals surface area contributed by atoms with E-state index in [0.717, 1.165) is 41.5 Å². The number of aryl methyl sites for hydroxylation is 3. The van der Waals surface area contributed by atoms with Crippen molar-refractivity contribution in [2.75, 3.05) is 11.6 Å². The predicted molar refractivity (Wildman–Crippen MR) is 114 cm³/mol. The van der Waals surface area contributed by atoms with Crippen molar-refractivity contribution < 1.29 is 9.15 Å². The number of anilines is 1. The maximum Gasteiger partial charge on any atom is 0.336 e. The summed E-state index contributed by atoms with van der Waals surface area (Å²) >= 11 is 6.55. The molecular weight excluding hydrogens is 374 g/mol. The van der Waals surface area contributed by atoms with E-state index in [0.29, 0.717) is 29.6 Å². The first-order chi connectivity index (χ1) is 13.5.